The number of aryl methyl sites for hydroxylation is 1. The lowest BCUT2D eigenvalue weighted by Crippen LogP contribution is -2.43. The molecule has 0 aliphatic rings. The molecule has 0 saturated carbocycles. The van der Waals surface area contributed by atoms with Crippen molar-refractivity contribution in [2.24, 2.45) is 0 Å². The molecule has 0 saturated heterocycles. The number of rotatable bonds is 6. The fourth-order valence-electron chi connectivity index (χ4n) is 1.94. The minimum Gasteiger partial charge on any atom is -0.495 e. The summed E-state index contributed by atoms with van der Waals surface area (Å²) in [5, 5.41) is 12.4. The summed E-state index contributed by atoms with van der Waals surface area (Å²) in [7, 11) is 1.58. The number of carboxylic acid groups (broad SMARTS) is 1. The van der Waals surface area contributed by atoms with Crippen molar-refractivity contribution in [2.45, 2.75) is 39.2 Å². The van der Waals surface area contributed by atoms with Crippen molar-refractivity contribution in [2.75, 3.05) is 12.4 Å². The number of carboxylic acids is 1. The van der Waals surface area contributed by atoms with Crippen LogP contribution < -0.4 is 10.1 Å². The highest BCUT2D eigenvalue weighted by molar-refractivity contribution is 5.83. The van der Waals surface area contributed by atoms with Gasteiger partial charge < -0.3 is 15.2 Å². The molecule has 1 aromatic carbocycles. The number of nitrogens with one attached hydrogen (secondary N) is 1. The molecule has 100 valence electrons. The molecule has 1 atom stereocenters. The number of benzene rings is 1. The molecule has 0 bridgehead atoms. The van der Waals surface area contributed by atoms with Crippen LogP contribution in [-0.2, 0) is 4.79 Å². The van der Waals surface area contributed by atoms with Crippen LogP contribution in [0.15, 0.2) is 18.2 Å². The first-order valence-corrected chi connectivity index (χ1v) is 6.09. The lowest BCUT2D eigenvalue weighted by molar-refractivity contribution is -0.141. The summed E-state index contributed by atoms with van der Waals surface area (Å²) in [6.45, 7) is 5.62. The maximum Gasteiger partial charge on any atom is 0.329 e. The molecule has 18 heavy (non-hydrogen) atoms. The predicted molar refractivity (Wildman–Crippen MR) is 72.3 cm³/mol. The first-order chi connectivity index (χ1) is 8.42. The minimum absolute atomic E-state index is 0.555. The molecule has 4 heteroatoms. The molecule has 0 radical (unpaired) electrons. The van der Waals surface area contributed by atoms with E-state index in [1.807, 2.05) is 32.0 Å². The second-order valence-corrected chi connectivity index (χ2v) is 4.72. The largest absolute Gasteiger partial charge is 0.495 e. The van der Waals surface area contributed by atoms with Gasteiger partial charge in [-0.05, 0) is 38.0 Å². The van der Waals surface area contributed by atoms with Gasteiger partial charge in [-0.2, -0.15) is 0 Å². The Kier molecular flexibility index (Phi) is 4.59. The van der Waals surface area contributed by atoms with Crippen LogP contribution in [0, 0.1) is 6.92 Å². The van der Waals surface area contributed by atoms with E-state index in [0.717, 1.165) is 17.7 Å². The fourth-order valence-corrected chi connectivity index (χ4v) is 1.94. The first kappa shape index (κ1) is 14.4. The smallest absolute Gasteiger partial charge is 0.329 e. The van der Waals surface area contributed by atoms with Gasteiger partial charge in [0.15, 0.2) is 0 Å². The molecular formula is C14H21NO3. The van der Waals surface area contributed by atoms with E-state index in [1.54, 1.807) is 14.0 Å². The van der Waals surface area contributed by atoms with Crippen molar-refractivity contribution in [1.82, 2.24) is 0 Å². The van der Waals surface area contributed by atoms with Gasteiger partial charge in [0.05, 0.1) is 12.8 Å². The van der Waals surface area contributed by atoms with E-state index >= 15 is 0 Å². The van der Waals surface area contributed by atoms with Crippen LogP contribution in [-0.4, -0.2) is 23.7 Å². The Hall–Kier alpha value is -1.71. The van der Waals surface area contributed by atoms with E-state index in [2.05, 4.69) is 5.32 Å². The molecule has 0 fully saturated rings. The Balaban J connectivity index is 3.07. The Labute approximate surface area is 108 Å². The average molecular weight is 251 g/mol. The molecule has 0 aromatic heterocycles. The summed E-state index contributed by atoms with van der Waals surface area (Å²) in [5.74, 6) is -0.197. The summed E-state index contributed by atoms with van der Waals surface area (Å²) in [6, 6.07) is 5.67. The molecule has 0 amide bonds. The zero-order chi connectivity index (χ0) is 13.8. The SMILES string of the molecule is CCCC(C)(Nc1cc(C)ccc1OC)C(=O)O. The first-order valence-electron chi connectivity index (χ1n) is 6.09. The highest BCUT2D eigenvalue weighted by Gasteiger charge is 2.32. The van der Waals surface area contributed by atoms with Crippen LogP contribution in [0.3, 0.4) is 0 Å². The average Bonchev–Trinajstić information content (AvgIpc) is 2.29. The molecule has 0 heterocycles. The third-order valence-electron chi connectivity index (χ3n) is 2.99. The Morgan fingerprint density at radius 1 is 1.50 bits per heavy atom. The molecule has 0 aliphatic carbocycles. The molecule has 0 aliphatic heterocycles. The standard InChI is InChI=1S/C14H21NO3/c1-5-8-14(3,13(16)17)15-11-9-10(2)6-7-12(11)18-4/h6-7,9,15H,5,8H2,1-4H3,(H,16,17). The normalized spacial score (nSPS) is 13.8. The van der Waals surface area contributed by atoms with Gasteiger partial charge in [-0.25, -0.2) is 4.79 Å². The van der Waals surface area contributed by atoms with E-state index in [1.165, 1.54) is 0 Å². The number of methoxy groups -OCH3 is 1. The summed E-state index contributed by atoms with van der Waals surface area (Å²) < 4.78 is 5.25. The number of hydrogen-bond donors (Lipinski definition) is 2. The maximum absolute atomic E-state index is 11.4. The van der Waals surface area contributed by atoms with E-state index < -0.39 is 11.5 Å². The van der Waals surface area contributed by atoms with Crippen molar-refractivity contribution in [1.29, 1.82) is 0 Å². The van der Waals surface area contributed by atoms with E-state index in [0.29, 0.717) is 12.2 Å². The summed E-state index contributed by atoms with van der Waals surface area (Å²) >= 11 is 0. The van der Waals surface area contributed by atoms with Crippen molar-refractivity contribution in [3.05, 3.63) is 23.8 Å². The fraction of sp³-hybridized carbons (Fsp3) is 0.500. The second kappa shape index (κ2) is 5.76. The zero-order valence-electron chi connectivity index (χ0n) is 11.4. The number of ether oxygens (including phenoxy) is 1. The number of carbonyl (C=O) groups is 1. The lowest BCUT2D eigenvalue weighted by Gasteiger charge is -2.28. The Bertz CT molecular complexity index is 431. The Morgan fingerprint density at radius 2 is 2.17 bits per heavy atom. The molecule has 1 unspecified atom stereocenters. The molecule has 0 spiro atoms. The van der Waals surface area contributed by atoms with Crippen LogP contribution in [0.25, 0.3) is 0 Å². The topological polar surface area (TPSA) is 58.6 Å². The van der Waals surface area contributed by atoms with Crippen LogP contribution in [0.1, 0.15) is 32.3 Å². The van der Waals surface area contributed by atoms with Gasteiger partial charge in [0, 0.05) is 0 Å². The van der Waals surface area contributed by atoms with Gasteiger partial charge in [0.2, 0.25) is 0 Å². The number of anilines is 1. The third-order valence-corrected chi connectivity index (χ3v) is 2.99. The van der Waals surface area contributed by atoms with Crippen LogP contribution in [0.2, 0.25) is 0 Å². The number of aliphatic carboxylic acids is 1. The van der Waals surface area contributed by atoms with Crippen LogP contribution in [0.5, 0.6) is 5.75 Å². The van der Waals surface area contributed by atoms with E-state index in [9.17, 15) is 9.90 Å². The van der Waals surface area contributed by atoms with Gasteiger partial charge in [0.25, 0.3) is 0 Å². The third kappa shape index (κ3) is 3.15. The van der Waals surface area contributed by atoms with Gasteiger partial charge in [-0.1, -0.05) is 19.4 Å². The van der Waals surface area contributed by atoms with E-state index in [4.69, 9.17) is 4.74 Å². The van der Waals surface area contributed by atoms with Gasteiger partial charge in [-0.15, -0.1) is 0 Å². The minimum atomic E-state index is -0.976. The molecule has 1 rings (SSSR count). The van der Waals surface area contributed by atoms with Gasteiger partial charge >= 0.3 is 5.97 Å². The van der Waals surface area contributed by atoms with Crippen LogP contribution >= 0.6 is 0 Å². The molecule has 2 N–H and O–H groups in total. The molecule has 1 aromatic rings. The molecule has 4 nitrogen and oxygen atoms in total. The highest BCUT2D eigenvalue weighted by atomic mass is 16.5. The van der Waals surface area contributed by atoms with Crippen LogP contribution in [0.4, 0.5) is 5.69 Å². The maximum atomic E-state index is 11.4. The summed E-state index contributed by atoms with van der Waals surface area (Å²) in [4.78, 5) is 11.4. The predicted octanol–water partition coefficient (Wildman–Crippen LogP) is 3.06. The lowest BCUT2D eigenvalue weighted by atomic mass is 9.95. The van der Waals surface area contributed by atoms with Crippen molar-refractivity contribution >= 4 is 11.7 Å². The Morgan fingerprint density at radius 3 is 2.67 bits per heavy atom. The monoisotopic (exact) mass is 251 g/mol. The number of hydrogen-bond acceptors (Lipinski definition) is 3. The van der Waals surface area contributed by atoms with Crippen molar-refractivity contribution in [3.8, 4) is 5.75 Å². The van der Waals surface area contributed by atoms with Crippen molar-refractivity contribution in [3.63, 3.8) is 0 Å². The van der Waals surface area contributed by atoms with Gasteiger partial charge in [-0.3, -0.25) is 0 Å². The van der Waals surface area contributed by atoms with Gasteiger partial charge in [0.1, 0.15) is 11.3 Å². The quantitative estimate of drug-likeness (QED) is 0.815. The second-order valence-electron chi connectivity index (χ2n) is 4.72. The van der Waals surface area contributed by atoms with Crippen molar-refractivity contribution < 1.29 is 14.6 Å². The zero-order valence-corrected chi connectivity index (χ0v) is 11.4. The molecular weight excluding hydrogens is 230 g/mol. The van der Waals surface area contributed by atoms with E-state index in [-0.39, 0.29) is 0 Å². The highest BCUT2D eigenvalue weighted by Crippen LogP contribution is 2.29. The summed E-state index contributed by atoms with van der Waals surface area (Å²) in [5.41, 5.74) is 0.800. The summed E-state index contributed by atoms with van der Waals surface area (Å²) in [6.07, 6.45) is 1.35.